The number of anilines is 2. The Morgan fingerprint density at radius 2 is 1.21 bits per heavy atom. The molecule has 0 saturated carbocycles. The van der Waals surface area contributed by atoms with E-state index in [0.29, 0.717) is 31.9 Å². The Hall–Kier alpha value is -4.36. The van der Waals surface area contributed by atoms with E-state index in [-0.39, 0.29) is 5.78 Å². The predicted octanol–water partition coefficient (Wildman–Crippen LogP) is 8.83. The van der Waals surface area contributed by atoms with Gasteiger partial charge < -0.3 is 0 Å². The van der Waals surface area contributed by atoms with Gasteiger partial charge in [0.05, 0.1) is 16.4 Å². The van der Waals surface area contributed by atoms with E-state index >= 15 is 0 Å². The van der Waals surface area contributed by atoms with Crippen molar-refractivity contribution in [2.24, 2.45) is 10.2 Å². The molecule has 204 valence electrons. The van der Waals surface area contributed by atoms with E-state index in [4.69, 9.17) is 33.4 Å². The SMILES string of the molecule is O=C(C1=NN(c2ccccc2)[C@]2(S1)c1ccccc1C(c1cc(Cl)ccc1Cl)=NN2c1ccccc1)c1ccccc1. The van der Waals surface area contributed by atoms with Gasteiger partial charge in [0.2, 0.25) is 10.8 Å². The lowest BCUT2D eigenvalue weighted by molar-refractivity contribution is 0.106. The third kappa shape index (κ3) is 4.40. The zero-order chi connectivity index (χ0) is 28.7. The van der Waals surface area contributed by atoms with Crippen molar-refractivity contribution in [3.8, 4) is 0 Å². The van der Waals surface area contributed by atoms with Crippen molar-refractivity contribution in [1.82, 2.24) is 0 Å². The van der Waals surface area contributed by atoms with Crippen molar-refractivity contribution in [3.05, 3.63) is 166 Å². The minimum Gasteiger partial charge on any atom is -0.286 e. The maximum atomic E-state index is 13.9. The number of hydrogen-bond acceptors (Lipinski definition) is 6. The minimum atomic E-state index is -1.08. The number of carbonyl (C=O) groups excluding carboxylic acids is 1. The molecule has 0 radical (unpaired) electrons. The Morgan fingerprint density at radius 3 is 1.88 bits per heavy atom. The highest BCUT2D eigenvalue weighted by Crippen LogP contribution is 2.55. The second-order valence-electron chi connectivity index (χ2n) is 9.72. The Bertz CT molecular complexity index is 1870. The van der Waals surface area contributed by atoms with Gasteiger partial charge in [-0.05, 0) is 54.2 Å². The first-order chi connectivity index (χ1) is 20.6. The summed E-state index contributed by atoms with van der Waals surface area (Å²) >= 11 is 14.6. The summed E-state index contributed by atoms with van der Waals surface area (Å²) < 4.78 is 0. The summed E-state index contributed by atoms with van der Waals surface area (Å²) in [6, 6.07) is 42.4. The molecule has 0 amide bonds. The molecular weight excluding hydrogens is 583 g/mol. The topological polar surface area (TPSA) is 48.3 Å². The van der Waals surface area contributed by atoms with Crippen molar-refractivity contribution in [3.63, 3.8) is 0 Å². The van der Waals surface area contributed by atoms with Crippen LogP contribution < -0.4 is 10.0 Å². The van der Waals surface area contributed by atoms with Crippen LogP contribution in [0.25, 0.3) is 0 Å². The molecule has 2 aliphatic rings. The first-order valence-corrected chi connectivity index (χ1v) is 14.9. The van der Waals surface area contributed by atoms with Crippen molar-refractivity contribution >= 4 is 62.9 Å². The number of carbonyl (C=O) groups is 1. The number of rotatable bonds is 5. The molecule has 0 saturated heterocycles. The summed E-state index contributed by atoms with van der Waals surface area (Å²) in [5, 5.41) is 15.6. The van der Waals surface area contributed by atoms with Gasteiger partial charge in [0.15, 0.2) is 5.04 Å². The van der Waals surface area contributed by atoms with E-state index in [2.05, 4.69) is 6.07 Å². The fraction of sp³-hybridized carbons (Fsp3) is 0.0294. The summed E-state index contributed by atoms with van der Waals surface area (Å²) in [4.78, 5) is 12.8. The summed E-state index contributed by atoms with van der Waals surface area (Å²) in [6.45, 7) is 0. The first-order valence-electron chi connectivity index (χ1n) is 13.3. The van der Waals surface area contributed by atoms with Crippen LogP contribution in [-0.2, 0) is 4.99 Å². The third-order valence-electron chi connectivity index (χ3n) is 7.15. The molecule has 0 unspecified atom stereocenters. The Kier molecular flexibility index (Phi) is 6.82. The van der Waals surface area contributed by atoms with E-state index < -0.39 is 4.99 Å². The van der Waals surface area contributed by atoms with E-state index in [9.17, 15) is 4.79 Å². The first kappa shape index (κ1) is 26.5. The van der Waals surface area contributed by atoms with Gasteiger partial charge in [0.25, 0.3) is 0 Å². The molecule has 42 heavy (non-hydrogen) atoms. The summed E-state index contributed by atoms with van der Waals surface area (Å²) in [5.74, 6) is -0.156. The second-order valence-corrected chi connectivity index (χ2v) is 11.7. The summed E-state index contributed by atoms with van der Waals surface area (Å²) in [5.41, 5.74) is 5.36. The van der Waals surface area contributed by atoms with Crippen LogP contribution in [0, 0.1) is 0 Å². The van der Waals surface area contributed by atoms with Crippen molar-refractivity contribution < 1.29 is 4.79 Å². The quantitative estimate of drug-likeness (QED) is 0.188. The van der Waals surface area contributed by atoms with E-state index in [1.807, 2.05) is 125 Å². The zero-order valence-corrected chi connectivity index (χ0v) is 24.4. The van der Waals surface area contributed by atoms with Gasteiger partial charge in [-0.15, -0.1) is 0 Å². The number of nitrogens with zero attached hydrogens (tertiary/aromatic N) is 4. The summed E-state index contributed by atoms with van der Waals surface area (Å²) in [7, 11) is 0. The van der Waals surface area contributed by atoms with Crippen LogP contribution in [0.15, 0.2) is 144 Å². The number of fused-ring (bicyclic) bond motifs is 2. The third-order valence-corrected chi connectivity index (χ3v) is 9.03. The number of para-hydroxylation sites is 2. The normalized spacial score (nSPS) is 17.6. The number of thioether (sulfide) groups is 1. The van der Waals surface area contributed by atoms with E-state index in [1.54, 1.807) is 12.1 Å². The van der Waals surface area contributed by atoms with Gasteiger partial charge >= 0.3 is 0 Å². The Balaban J connectivity index is 1.51. The average Bonchev–Trinajstić information content (AvgIpc) is 3.44. The molecule has 0 N–H and O–H groups in total. The van der Waals surface area contributed by atoms with Gasteiger partial charge in [0.1, 0.15) is 5.71 Å². The molecule has 2 heterocycles. The number of hydrogen-bond donors (Lipinski definition) is 0. The van der Waals surface area contributed by atoms with Gasteiger partial charge in [0, 0.05) is 27.3 Å². The number of Topliss-reactive ketones (excluding diaryl/α,β-unsaturated/α-hetero) is 1. The largest absolute Gasteiger partial charge is 0.286 e. The smallest absolute Gasteiger partial charge is 0.234 e. The van der Waals surface area contributed by atoms with Crippen molar-refractivity contribution in [1.29, 1.82) is 0 Å². The number of hydrazone groups is 2. The van der Waals surface area contributed by atoms with Crippen molar-refractivity contribution in [2.45, 2.75) is 4.99 Å². The maximum absolute atomic E-state index is 13.9. The van der Waals surface area contributed by atoms with Crippen LogP contribution in [0.3, 0.4) is 0 Å². The summed E-state index contributed by atoms with van der Waals surface area (Å²) in [6.07, 6.45) is 0. The maximum Gasteiger partial charge on any atom is 0.234 e. The molecule has 0 bridgehead atoms. The fourth-order valence-corrected chi connectivity index (χ4v) is 6.99. The number of benzene rings is 5. The van der Waals surface area contributed by atoms with Crippen LogP contribution >= 0.6 is 35.0 Å². The van der Waals surface area contributed by atoms with Crippen LogP contribution in [-0.4, -0.2) is 16.5 Å². The lowest BCUT2D eigenvalue weighted by atomic mass is 9.93. The Labute approximate surface area is 257 Å². The molecule has 5 aromatic rings. The average molecular weight is 606 g/mol. The molecule has 2 aliphatic heterocycles. The van der Waals surface area contributed by atoms with Gasteiger partial charge in [-0.25, -0.2) is 10.0 Å². The zero-order valence-electron chi connectivity index (χ0n) is 22.1. The lowest BCUT2D eigenvalue weighted by Gasteiger charge is -2.47. The minimum absolute atomic E-state index is 0.156. The predicted molar refractivity (Wildman–Crippen MR) is 174 cm³/mol. The fourth-order valence-electron chi connectivity index (χ4n) is 5.25. The molecule has 5 nitrogen and oxygen atoms in total. The van der Waals surface area contributed by atoms with Gasteiger partial charge in [-0.1, -0.05) is 114 Å². The molecule has 7 rings (SSSR count). The van der Waals surface area contributed by atoms with Crippen LogP contribution in [0.2, 0.25) is 10.0 Å². The van der Waals surface area contributed by atoms with Crippen LogP contribution in [0.1, 0.15) is 27.0 Å². The molecule has 1 atom stereocenters. The monoisotopic (exact) mass is 604 g/mol. The molecule has 0 aliphatic carbocycles. The molecule has 8 heteroatoms. The van der Waals surface area contributed by atoms with Crippen LogP contribution in [0.4, 0.5) is 11.4 Å². The molecule has 5 aromatic carbocycles. The lowest BCUT2D eigenvalue weighted by Crippen LogP contribution is -2.54. The number of halogens is 2. The molecule has 0 fully saturated rings. The highest BCUT2D eigenvalue weighted by atomic mass is 35.5. The molecule has 1 spiro atoms. The van der Waals surface area contributed by atoms with Gasteiger partial charge in [-0.2, -0.15) is 10.2 Å². The second kappa shape index (κ2) is 10.8. The van der Waals surface area contributed by atoms with Crippen molar-refractivity contribution in [2.75, 3.05) is 10.0 Å². The standard InChI is InChI=1S/C34H22Cl2N4OS/c35-24-20-21-30(36)28(22-24)31-27-18-10-11-19-29(27)34(39(37-31)25-14-6-2-7-15-25)40(26-16-8-3-9-17-26)38-33(42-34)32(41)23-12-4-1-5-13-23/h1-22H/t34-/m0/s1. The number of ketones is 1. The highest BCUT2D eigenvalue weighted by Gasteiger charge is 2.56. The molecular formula is C34H22Cl2N4OS. The van der Waals surface area contributed by atoms with E-state index in [1.165, 1.54) is 11.8 Å². The van der Waals surface area contributed by atoms with Crippen LogP contribution in [0.5, 0.6) is 0 Å². The molecule has 0 aromatic heterocycles. The Morgan fingerprint density at radius 1 is 0.643 bits per heavy atom. The highest BCUT2D eigenvalue weighted by molar-refractivity contribution is 8.17. The van der Waals surface area contributed by atoms with Gasteiger partial charge in [-0.3, -0.25) is 4.79 Å². The van der Waals surface area contributed by atoms with E-state index in [0.717, 1.165) is 22.5 Å².